The number of halogens is 3. The van der Waals surface area contributed by atoms with Crippen LogP contribution in [-0.2, 0) is 22.6 Å². The molecule has 0 saturated heterocycles. The zero-order chi connectivity index (χ0) is 20.0. The van der Waals surface area contributed by atoms with Crippen molar-refractivity contribution in [1.82, 2.24) is 10.2 Å². The normalized spacial score (nSPS) is 11.7. The first kappa shape index (κ1) is 21.5. The Kier molecular flexibility index (Phi) is 7.96. The van der Waals surface area contributed by atoms with E-state index in [4.69, 9.17) is 34.8 Å². The van der Waals surface area contributed by atoms with Crippen molar-refractivity contribution in [2.75, 3.05) is 7.05 Å². The molecule has 0 radical (unpaired) electrons. The van der Waals surface area contributed by atoms with Crippen LogP contribution in [0.5, 0.6) is 0 Å². The number of hydrogen-bond acceptors (Lipinski definition) is 2. The topological polar surface area (TPSA) is 49.4 Å². The van der Waals surface area contributed by atoms with Crippen LogP contribution in [0.1, 0.15) is 24.5 Å². The summed E-state index contributed by atoms with van der Waals surface area (Å²) in [6.45, 7) is 2.12. The lowest BCUT2D eigenvalue weighted by atomic mass is 10.1. The van der Waals surface area contributed by atoms with Crippen LogP contribution >= 0.6 is 34.8 Å². The van der Waals surface area contributed by atoms with Gasteiger partial charge >= 0.3 is 0 Å². The highest BCUT2D eigenvalue weighted by Gasteiger charge is 2.28. The number of nitrogens with zero attached hydrogens (tertiary/aromatic N) is 1. The summed E-state index contributed by atoms with van der Waals surface area (Å²) < 4.78 is 0. The van der Waals surface area contributed by atoms with Gasteiger partial charge in [0.15, 0.2) is 0 Å². The summed E-state index contributed by atoms with van der Waals surface area (Å²) in [6.07, 6.45) is 0.637. The summed E-state index contributed by atoms with van der Waals surface area (Å²) in [4.78, 5) is 26.9. The van der Waals surface area contributed by atoms with Gasteiger partial charge in [-0.15, -0.1) is 0 Å². The summed E-state index contributed by atoms with van der Waals surface area (Å²) >= 11 is 18.1. The largest absolute Gasteiger partial charge is 0.357 e. The van der Waals surface area contributed by atoms with Gasteiger partial charge in [-0.2, -0.15) is 0 Å². The van der Waals surface area contributed by atoms with Gasteiger partial charge in [0, 0.05) is 18.6 Å². The molecule has 1 N–H and O–H groups in total. The fourth-order valence-corrected chi connectivity index (χ4v) is 3.38. The average Bonchev–Trinajstić information content (AvgIpc) is 2.64. The minimum absolute atomic E-state index is 0.148. The monoisotopic (exact) mass is 426 g/mol. The molecule has 0 unspecified atom stereocenters. The predicted octanol–water partition coefficient (Wildman–Crippen LogP) is 4.74. The summed E-state index contributed by atoms with van der Waals surface area (Å²) in [7, 11) is 1.56. The molecular weight excluding hydrogens is 407 g/mol. The van der Waals surface area contributed by atoms with E-state index in [1.807, 2.05) is 13.0 Å². The first-order valence-electron chi connectivity index (χ1n) is 8.55. The maximum atomic E-state index is 13.0. The van der Waals surface area contributed by atoms with E-state index in [2.05, 4.69) is 5.32 Å². The highest BCUT2D eigenvalue weighted by molar-refractivity contribution is 6.42. The summed E-state index contributed by atoms with van der Waals surface area (Å²) in [5, 5.41) is 4.04. The standard InChI is InChI=1S/C20H21Cl3N2O2/c1-3-18(20(27)24-2)25(12-14-7-8-16(22)17(23)10-14)19(26)11-13-5-4-6-15(21)9-13/h4-10,18H,3,11-12H2,1-2H3,(H,24,27)/t18-/m1/s1. The van der Waals surface area contributed by atoms with E-state index in [9.17, 15) is 9.59 Å². The second kappa shape index (κ2) is 9.98. The molecule has 0 fully saturated rings. The Bertz CT molecular complexity index is 827. The minimum Gasteiger partial charge on any atom is -0.357 e. The van der Waals surface area contributed by atoms with E-state index >= 15 is 0 Å². The van der Waals surface area contributed by atoms with Gasteiger partial charge in [0.25, 0.3) is 0 Å². The number of rotatable bonds is 7. The third-order valence-electron chi connectivity index (χ3n) is 4.21. The van der Waals surface area contributed by atoms with Crippen molar-refractivity contribution in [1.29, 1.82) is 0 Å². The van der Waals surface area contributed by atoms with Gasteiger partial charge in [-0.1, -0.05) is 59.9 Å². The molecule has 2 amide bonds. The molecule has 1 atom stereocenters. The van der Waals surface area contributed by atoms with Crippen LogP contribution in [0.25, 0.3) is 0 Å². The molecule has 0 aliphatic heterocycles. The Labute approximate surface area is 174 Å². The number of hydrogen-bond donors (Lipinski definition) is 1. The molecule has 2 rings (SSSR count). The van der Waals surface area contributed by atoms with Gasteiger partial charge in [-0.3, -0.25) is 9.59 Å². The Morgan fingerprint density at radius 1 is 1.04 bits per heavy atom. The van der Waals surface area contributed by atoms with Crippen LogP contribution in [0.2, 0.25) is 15.1 Å². The van der Waals surface area contributed by atoms with Crippen LogP contribution in [0.15, 0.2) is 42.5 Å². The third kappa shape index (κ3) is 5.86. The average molecular weight is 428 g/mol. The molecule has 0 saturated carbocycles. The first-order valence-corrected chi connectivity index (χ1v) is 9.68. The van der Waals surface area contributed by atoms with Crippen molar-refractivity contribution in [2.45, 2.75) is 32.4 Å². The summed E-state index contributed by atoms with van der Waals surface area (Å²) in [5.74, 6) is -0.379. The number of carbonyl (C=O) groups is 2. The van der Waals surface area contributed by atoms with Crippen LogP contribution in [0, 0.1) is 0 Å². The Morgan fingerprint density at radius 2 is 1.78 bits per heavy atom. The minimum atomic E-state index is -0.587. The van der Waals surface area contributed by atoms with Crippen molar-refractivity contribution >= 4 is 46.6 Å². The van der Waals surface area contributed by atoms with E-state index in [0.717, 1.165) is 11.1 Å². The highest BCUT2D eigenvalue weighted by Crippen LogP contribution is 2.24. The SMILES string of the molecule is CC[C@H](C(=O)NC)N(Cc1ccc(Cl)c(Cl)c1)C(=O)Cc1cccc(Cl)c1. The van der Waals surface area contributed by atoms with Gasteiger partial charge < -0.3 is 10.2 Å². The van der Waals surface area contributed by atoms with Gasteiger partial charge in [-0.05, 0) is 41.8 Å². The molecule has 0 bridgehead atoms. The predicted molar refractivity (Wildman–Crippen MR) is 110 cm³/mol. The lowest BCUT2D eigenvalue weighted by Gasteiger charge is -2.30. The second-order valence-electron chi connectivity index (χ2n) is 6.12. The molecule has 0 spiro atoms. The fourth-order valence-electron chi connectivity index (χ4n) is 2.84. The van der Waals surface area contributed by atoms with Gasteiger partial charge in [-0.25, -0.2) is 0 Å². The Hall–Kier alpha value is -1.75. The first-order chi connectivity index (χ1) is 12.8. The van der Waals surface area contributed by atoms with E-state index in [1.165, 1.54) is 0 Å². The van der Waals surface area contributed by atoms with Crippen molar-refractivity contribution in [3.63, 3.8) is 0 Å². The molecule has 0 aliphatic rings. The molecule has 144 valence electrons. The van der Waals surface area contributed by atoms with Gasteiger partial charge in [0.2, 0.25) is 11.8 Å². The molecule has 0 aromatic heterocycles. The van der Waals surface area contributed by atoms with E-state index in [1.54, 1.807) is 48.3 Å². The molecule has 27 heavy (non-hydrogen) atoms. The molecule has 0 aliphatic carbocycles. The number of benzene rings is 2. The molecule has 0 heterocycles. The lowest BCUT2D eigenvalue weighted by Crippen LogP contribution is -2.48. The van der Waals surface area contributed by atoms with Crippen LogP contribution < -0.4 is 5.32 Å². The molecular formula is C20H21Cl3N2O2. The Balaban J connectivity index is 2.31. The third-order valence-corrected chi connectivity index (χ3v) is 5.19. The quantitative estimate of drug-likeness (QED) is 0.693. The fraction of sp³-hybridized carbons (Fsp3) is 0.300. The van der Waals surface area contributed by atoms with Crippen LogP contribution in [-0.4, -0.2) is 29.8 Å². The lowest BCUT2D eigenvalue weighted by molar-refractivity contribution is -0.140. The number of likely N-dealkylation sites (N-methyl/N-ethyl adjacent to an activating group) is 1. The molecule has 2 aromatic carbocycles. The van der Waals surface area contributed by atoms with E-state index in [-0.39, 0.29) is 24.8 Å². The van der Waals surface area contributed by atoms with E-state index < -0.39 is 6.04 Å². The Morgan fingerprint density at radius 3 is 2.37 bits per heavy atom. The van der Waals surface area contributed by atoms with Crippen molar-refractivity contribution in [3.05, 3.63) is 68.7 Å². The highest BCUT2D eigenvalue weighted by atomic mass is 35.5. The molecule has 2 aromatic rings. The van der Waals surface area contributed by atoms with Crippen LogP contribution in [0.4, 0.5) is 0 Å². The van der Waals surface area contributed by atoms with E-state index in [0.29, 0.717) is 21.5 Å². The molecule has 7 heteroatoms. The maximum absolute atomic E-state index is 13.0. The van der Waals surface area contributed by atoms with Gasteiger partial charge in [0.1, 0.15) is 6.04 Å². The van der Waals surface area contributed by atoms with Gasteiger partial charge in [0.05, 0.1) is 16.5 Å². The summed E-state index contributed by atoms with van der Waals surface area (Å²) in [5.41, 5.74) is 1.59. The number of amides is 2. The second-order valence-corrected chi connectivity index (χ2v) is 7.37. The maximum Gasteiger partial charge on any atom is 0.242 e. The zero-order valence-electron chi connectivity index (χ0n) is 15.1. The number of nitrogens with one attached hydrogen (secondary N) is 1. The van der Waals surface area contributed by atoms with Crippen molar-refractivity contribution in [3.8, 4) is 0 Å². The van der Waals surface area contributed by atoms with Crippen molar-refractivity contribution < 1.29 is 9.59 Å². The smallest absolute Gasteiger partial charge is 0.242 e. The van der Waals surface area contributed by atoms with Crippen molar-refractivity contribution in [2.24, 2.45) is 0 Å². The zero-order valence-corrected chi connectivity index (χ0v) is 17.4. The molecule has 4 nitrogen and oxygen atoms in total. The summed E-state index contributed by atoms with van der Waals surface area (Å²) in [6, 6.07) is 11.7. The number of carbonyl (C=O) groups excluding carboxylic acids is 2. The van der Waals surface area contributed by atoms with Crippen LogP contribution in [0.3, 0.4) is 0 Å².